The van der Waals surface area contributed by atoms with Gasteiger partial charge < -0.3 is 5.32 Å². The Hall–Kier alpha value is -1.05. The number of hydrogen-bond donors (Lipinski definition) is 1. The van der Waals surface area contributed by atoms with Gasteiger partial charge in [0.15, 0.2) is 0 Å². The summed E-state index contributed by atoms with van der Waals surface area (Å²) < 4.78 is 0. The molecule has 1 N–H and O–H groups in total. The van der Waals surface area contributed by atoms with Crippen LogP contribution in [0.25, 0.3) is 0 Å². The highest BCUT2D eigenvalue weighted by Crippen LogP contribution is 2.09. The molecule has 0 aromatic heterocycles. The smallest absolute Gasteiger partial charge is 0.246 e. The maximum Gasteiger partial charge on any atom is 0.246 e. The predicted molar refractivity (Wildman–Crippen MR) is 45.1 cm³/mol. The Kier molecular flexibility index (Phi) is 2.90. The first-order valence-electron chi connectivity index (χ1n) is 3.92. The highest BCUT2D eigenvalue weighted by molar-refractivity contribution is 5.94. The van der Waals surface area contributed by atoms with Crippen LogP contribution in [0.15, 0.2) is 24.3 Å². The first kappa shape index (κ1) is 8.05. The van der Waals surface area contributed by atoms with Crippen molar-refractivity contribution in [3.8, 4) is 0 Å². The predicted octanol–water partition coefficient (Wildman–Crippen LogP) is 1.40. The third-order valence-electron chi connectivity index (χ3n) is 1.73. The van der Waals surface area contributed by atoms with E-state index in [0.29, 0.717) is 0 Å². The van der Waals surface area contributed by atoms with Crippen molar-refractivity contribution in [1.82, 2.24) is 5.32 Å². The second kappa shape index (κ2) is 3.96. The van der Waals surface area contributed by atoms with Crippen LogP contribution in [0.1, 0.15) is 19.3 Å². The van der Waals surface area contributed by atoms with Crippen molar-refractivity contribution in [2.24, 2.45) is 0 Å². The topological polar surface area (TPSA) is 29.1 Å². The normalized spacial score (nSPS) is 17.1. The minimum Gasteiger partial charge on any atom is -0.352 e. The highest BCUT2D eigenvalue weighted by Gasteiger charge is 2.10. The number of carbonyl (C=O) groups excluding carboxylic acids is 1. The van der Waals surface area contributed by atoms with Gasteiger partial charge in [0.2, 0.25) is 5.91 Å². The number of allylic oxidation sites excluding steroid dienone is 1. The fourth-order valence-electron chi connectivity index (χ4n) is 1.11. The molecule has 11 heavy (non-hydrogen) atoms. The average Bonchev–Trinajstić information content (AvgIpc) is 2.03. The van der Waals surface area contributed by atoms with Gasteiger partial charge in [-0.25, -0.2) is 0 Å². The van der Waals surface area contributed by atoms with E-state index in [1.165, 1.54) is 0 Å². The Morgan fingerprint density at radius 2 is 2.55 bits per heavy atom. The molecule has 0 atom stereocenters. The van der Waals surface area contributed by atoms with Gasteiger partial charge >= 0.3 is 0 Å². The van der Waals surface area contributed by atoms with Gasteiger partial charge in [-0.05, 0) is 19.3 Å². The summed E-state index contributed by atoms with van der Waals surface area (Å²) in [5.74, 6) is 0.0955. The Labute approximate surface area is 67.0 Å². The van der Waals surface area contributed by atoms with E-state index in [1.54, 1.807) is 0 Å². The molecule has 1 aliphatic heterocycles. The van der Waals surface area contributed by atoms with Crippen molar-refractivity contribution in [3.05, 3.63) is 24.3 Å². The van der Waals surface area contributed by atoms with Crippen LogP contribution in [-0.4, -0.2) is 12.5 Å². The molecular formula is C9H13NO. The third kappa shape index (κ3) is 2.22. The van der Waals surface area contributed by atoms with Crippen molar-refractivity contribution >= 4 is 5.91 Å². The van der Waals surface area contributed by atoms with Gasteiger partial charge in [-0.15, -0.1) is 6.58 Å². The Balaban J connectivity index is 2.46. The summed E-state index contributed by atoms with van der Waals surface area (Å²) in [6.07, 6.45) is 6.54. The van der Waals surface area contributed by atoms with Crippen molar-refractivity contribution < 1.29 is 4.79 Å². The SMILES string of the molecule is C=CCCC1=CCCNC1=O. The third-order valence-corrected chi connectivity index (χ3v) is 1.73. The molecule has 0 aliphatic carbocycles. The van der Waals surface area contributed by atoms with E-state index in [9.17, 15) is 4.79 Å². The van der Waals surface area contributed by atoms with Crippen LogP contribution in [0, 0.1) is 0 Å². The second-order valence-corrected chi connectivity index (χ2v) is 2.60. The number of rotatable bonds is 3. The first-order valence-corrected chi connectivity index (χ1v) is 3.92. The fraction of sp³-hybridized carbons (Fsp3) is 0.444. The Morgan fingerprint density at radius 3 is 3.18 bits per heavy atom. The minimum absolute atomic E-state index is 0.0955. The highest BCUT2D eigenvalue weighted by atomic mass is 16.1. The van der Waals surface area contributed by atoms with Crippen LogP contribution in [0.2, 0.25) is 0 Å². The zero-order chi connectivity index (χ0) is 8.10. The van der Waals surface area contributed by atoms with Crippen LogP contribution in [0.3, 0.4) is 0 Å². The van der Waals surface area contributed by atoms with Crippen LogP contribution in [0.4, 0.5) is 0 Å². The molecule has 0 saturated carbocycles. The average molecular weight is 151 g/mol. The van der Waals surface area contributed by atoms with E-state index < -0.39 is 0 Å². The molecule has 0 aromatic rings. The summed E-state index contributed by atoms with van der Waals surface area (Å²) in [6.45, 7) is 4.40. The summed E-state index contributed by atoms with van der Waals surface area (Å²) in [4.78, 5) is 11.1. The Morgan fingerprint density at radius 1 is 1.73 bits per heavy atom. The van der Waals surface area contributed by atoms with Gasteiger partial charge in [0.1, 0.15) is 0 Å². The second-order valence-electron chi connectivity index (χ2n) is 2.60. The fourth-order valence-corrected chi connectivity index (χ4v) is 1.11. The van der Waals surface area contributed by atoms with E-state index in [-0.39, 0.29) is 5.91 Å². The lowest BCUT2D eigenvalue weighted by atomic mass is 10.1. The number of nitrogens with one attached hydrogen (secondary N) is 1. The molecule has 2 heteroatoms. The molecule has 0 spiro atoms. The lowest BCUT2D eigenvalue weighted by molar-refractivity contribution is -0.117. The summed E-state index contributed by atoms with van der Waals surface area (Å²) in [5.41, 5.74) is 0.913. The zero-order valence-corrected chi connectivity index (χ0v) is 6.60. The number of hydrogen-bond acceptors (Lipinski definition) is 1. The van der Waals surface area contributed by atoms with Crippen molar-refractivity contribution in [1.29, 1.82) is 0 Å². The molecule has 0 bridgehead atoms. The minimum atomic E-state index is 0.0955. The van der Waals surface area contributed by atoms with Crippen LogP contribution in [-0.2, 0) is 4.79 Å². The quantitative estimate of drug-likeness (QED) is 0.607. The zero-order valence-electron chi connectivity index (χ0n) is 6.60. The summed E-state index contributed by atoms with van der Waals surface area (Å²) in [7, 11) is 0. The molecule has 1 amide bonds. The van der Waals surface area contributed by atoms with Gasteiger partial charge in [0, 0.05) is 12.1 Å². The van der Waals surface area contributed by atoms with E-state index >= 15 is 0 Å². The summed E-state index contributed by atoms with van der Waals surface area (Å²) >= 11 is 0. The maximum atomic E-state index is 11.1. The molecule has 0 aromatic carbocycles. The van der Waals surface area contributed by atoms with Gasteiger partial charge in [0.05, 0.1) is 0 Å². The number of amides is 1. The van der Waals surface area contributed by atoms with Crippen molar-refractivity contribution in [3.63, 3.8) is 0 Å². The monoisotopic (exact) mass is 151 g/mol. The first-order chi connectivity index (χ1) is 5.34. The Bertz CT molecular complexity index is 194. The van der Waals surface area contributed by atoms with Gasteiger partial charge in [-0.2, -0.15) is 0 Å². The summed E-state index contributed by atoms with van der Waals surface area (Å²) in [5, 5.41) is 2.80. The van der Waals surface area contributed by atoms with E-state index in [0.717, 1.165) is 31.4 Å². The number of carbonyl (C=O) groups is 1. The molecule has 60 valence electrons. The molecule has 1 aliphatic rings. The molecule has 0 fully saturated rings. The largest absolute Gasteiger partial charge is 0.352 e. The van der Waals surface area contributed by atoms with Crippen LogP contribution < -0.4 is 5.32 Å². The van der Waals surface area contributed by atoms with Gasteiger partial charge in [0.25, 0.3) is 0 Å². The summed E-state index contributed by atoms with van der Waals surface area (Å²) in [6, 6.07) is 0. The van der Waals surface area contributed by atoms with Gasteiger partial charge in [-0.3, -0.25) is 4.79 Å². The standard InChI is InChI=1S/C9H13NO/c1-2-3-5-8-6-4-7-10-9(8)11/h2,6H,1,3-5,7H2,(H,10,11). The van der Waals surface area contributed by atoms with Crippen molar-refractivity contribution in [2.45, 2.75) is 19.3 Å². The molecular weight excluding hydrogens is 138 g/mol. The molecule has 1 heterocycles. The molecule has 0 unspecified atom stereocenters. The molecule has 1 rings (SSSR count). The van der Waals surface area contributed by atoms with E-state index in [2.05, 4.69) is 11.9 Å². The van der Waals surface area contributed by atoms with E-state index in [1.807, 2.05) is 12.2 Å². The molecule has 2 nitrogen and oxygen atoms in total. The van der Waals surface area contributed by atoms with Gasteiger partial charge in [-0.1, -0.05) is 12.2 Å². The van der Waals surface area contributed by atoms with E-state index in [4.69, 9.17) is 0 Å². The lowest BCUT2D eigenvalue weighted by Gasteiger charge is -2.12. The molecule has 0 radical (unpaired) electrons. The van der Waals surface area contributed by atoms with Crippen molar-refractivity contribution in [2.75, 3.05) is 6.54 Å². The van der Waals surface area contributed by atoms with Crippen LogP contribution in [0.5, 0.6) is 0 Å². The van der Waals surface area contributed by atoms with Crippen LogP contribution >= 0.6 is 0 Å². The molecule has 0 saturated heterocycles. The lowest BCUT2D eigenvalue weighted by Crippen LogP contribution is -2.29. The maximum absolute atomic E-state index is 11.1.